The predicted molar refractivity (Wildman–Crippen MR) is 148 cm³/mol. The van der Waals surface area contributed by atoms with Crippen LogP contribution in [0.3, 0.4) is 0 Å². The first-order valence-electron chi connectivity index (χ1n) is 14.3. The van der Waals surface area contributed by atoms with Crippen molar-refractivity contribution in [2.24, 2.45) is 5.41 Å². The van der Waals surface area contributed by atoms with E-state index < -0.39 is 40.6 Å². The minimum atomic E-state index is -1.61. The standard InChI is InChI=1S/C30H43N3O6/c1-6-8-9-17-38-27(35)31-19-30(36)25-29(22-12-11-21(37-5)18-23(22)32(25)4)14-16-33-15-10-13-28(7-2,24(29)33)26(30)39-20(3)34/h10-13,18,24-26,36H,6-9,14-17,19H2,1-5H3,(H,31,35)/t24-,25+,26+,28?,29+,30-/m0/s1. The Labute approximate surface area is 231 Å². The van der Waals surface area contributed by atoms with Crippen molar-refractivity contribution in [3.63, 3.8) is 0 Å². The lowest BCUT2D eigenvalue weighted by Crippen LogP contribution is -2.81. The van der Waals surface area contributed by atoms with Gasteiger partial charge in [-0.2, -0.15) is 0 Å². The number of methoxy groups -OCH3 is 1. The van der Waals surface area contributed by atoms with E-state index in [4.69, 9.17) is 14.2 Å². The summed E-state index contributed by atoms with van der Waals surface area (Å²) in [6, 6.07) is 5.69. The smallest absolute Gasteiger partial charge is 0.407 e. The van der Waals surface area contributed by atoms with Gasteiger partial charge >= 0.3 is 12.1 Å². The third kappa shape index (κ3) is 4.03. The molecule has 4 aliphatic rings. The number of ether oxygens (including phenoxy) is 3. The normalized spacial score (nSPS) is 34.2. The van der Waals surface area contributed by atoms with Crippen molar-refractivity contribution in [3.05, 3.63) is 35.9 Å². The summed E-state index contributed by atoms with van der Waals surface area (Å²) in [6.45, 7) is 7.46. The van der Waals surface area contributed by atoms with Gasteiger partial charge in [-0.15, -0.1) is 0 Å². The van der Waals surface area contributed by atoms with Gasteiger partial charge in [0, 0.05) is 49.1 Å². The van der Waals surface area contributed by atoms with Crippen LogP contribution in [0.1, 0.15) is 58.4 Å². The maximum absolute atomic E-state index is 13.0. The lowest BCUT2D eigenvalue weighted by molar-refractivity contribution is -0.217. The molecular formula is C30H43N3O6. The Hall–Kier alpha value is -2.78. The molecule has 1 aromatic carbocycles. The summed E-state index contributed by atoms with van der Waals surface area (Å²) in [4.78, 5) is 30.0. The van der Waals surface area contributed by atoms with Gasteiger partial charge in [-0.25, -0.2) is 4.79 Å². The second-order valence-corrected chi connectivity index (χ2v) is 11.6. The molecule has 214 valence electrons. The number of carbonyl (C=O) groups excluding carboxylic acids is 2. The highest BCUT2D eigenvalue weighted by Gasteiger charge is 2.77. The molecule has 1 unspecified atom stereocenters. The molecule has 1 aliphatic carbocycles. The van der Waals surface area contributed by atoms with Gasteiger partial charge < -0.3 is 29.5 Å². The number of hydrogen-bond acceptors (Lipinski definition) is 8. The highest BCUT2D eigenvalue weighted by Crippen LogP contribution is 2.67. The number of benzene rings is 1. The molecule has 1 saturated carbocycles. The number of aliphatic hydroxyl groups is 1. The lowest BCUT2D eigenvalue weighted by atomic mass is 9.47. The quantitative estimate of drug-likeness (QED) is 0.279. The van der Waals surface area contributed by atoms with Crippen LogP contribution in [0.4, 0.5) is 10.5 Å². The van der Waals surface area contributed by atoms with Crippen molar-refractivity contribution >= 4 is 17.7 Å². The highest BCUT2D eigenvalue weighted by atomic mass is 16.6. The van der Waals surface area contributed by atoms with Gasteiger partial charge in [-0.3, -0.25) is 9.69 Å². The van der Waals surface area contributed by atoms with Gasteiger partial charge in [0.1, 0.15) is 17.5 Å². The number of carbonyl (C=O) groups is 2. The zero-order valence-electron chi connectivity index (χ0n) is 23.9. The largest absolute Gasteiger partial charge is 0.497 e. The fraction of sp³-hybridized carbons (Fsp3) is 0.667. The number of likely N-dealkylation sites (N-methyl/N-ethyl adjacent to an activating group) is 1. The zero-order valence-corrected chi connectivity index (χ0v) is 23.9. The van der Waals surface area contributed by atoms with E-state index in [1.54, 1.807) is 7.11 Å². The second kappa shape index (κ2) is 10.3. The summed E-state index contributed by atoms with van der Waals surface area (Å²) < 4.78 is 17.1. The van der Waals surface area contributed by atoms with Crippen molar-refractivity contribution in [2.75, 3.05) is 45.3 Å². The maximum atomic E-state index is 13.0. The number of anilines is 1. The molecule has 9 nitrogen and oxygen atoms in total. The molecule has 1 aromatic rings. The van der Waals surface area contributed by atoms with Crippen LogP contribution < -0.4 is 15.0 Å². The first-order chi connectivity index (χ1) is 18.7. The van der Waals surface area contributed by atoms with Crippen molar-refractivity contribution < 1.29 is 28.9 Å². The number of esters is 1. The third-order valence-corrected chi connectivity index (χ3v) is 9.71. The fourth-order valence-electron chi connectivity index (χ4n) is 8.43. The van der Waals surface area contributed by atoms with Crippen molar-refractivity contribution in [3.8, 4) is 5.75 Å². The Kier molecular flexibility index (Phi) is 7.35. The third-order valence-electron chi connectivity index (χ3n) is 9.71. The monoisotopic (exact) mass is 541 g/mol. The van der Waals surface area contributed by atoms with Crippen LogP contribution in [0.5, 0.6) is 5.75 Å². The summed E-state index contributed by atoms with van der Waals surface area (Å²) in [7, 11) is 3.63. The van der Waals surface area contributed by atoms with Crippen LogP contribution in [0.25, 0.3) is 0 Å². The molecule has 5 rings (SSSR count). The van der Waals surface area contributed by atoms with Crippen molar-refractivity contribution in [2.45, 2.75) is 82.1 Å². The Bertz CT molecular complexity index is 1140. The molecule has 1 spiro atoms. The van der Waals surface area contributed by atoms with E-state index in [0.29, 0.717) is 13.0 Å². The van der Waals surface area contributed by atoms with Crippen LogP contribution in [0.2, 0.25) is 0 Å². The van der Waals surface area contributed by atoms with E-state index in [1.807, 2.05) is 19.2 Å². The number of rotatable bonds is 9. The zero-order chi connectivity index (χ0) is 28.0. The minimum absolute atomic E-state index is 0.00714. The first-order valence-corrected chi connectivity index (χ1v) is 14.3. The van der Waals surface area contributed by atoms with E-state index in [9.17, 15) is 14.7 Å². The fourth-order valence-corrected chi connectivity index (χ4v) is 8.43. The van der Waals surface area contributed by atoms with Gasteiger partial charge in [-0.1, -0.05) is 44.9 Å². The molecule has 39 heavy (non-hydrogen) atoms. The van der Waals surface area contributed by atoms with Gasteiger partial charge in [0.25, 0.3) is 0 Å². The van der Waals surface area contributed by atoms with Gasteiger partial charge in [-0.05, 0) is 37.4 Å². The molecule has 1 saturated heterocycles. The topological polar surface area (TPSA) is 101 Å². The molecular weight excluding hydrogens is 498 g/mol. The summed E-state index contributed by atoms with van der Waals surface area (Å²) in [5.74, 6) is 0.286. The Morgan fingerprint density at radius 1 is 1.21 bits per heavy atom. The molecule has 2 fully saturated rings. The predicted octanol–water partition coefficient (Wildman–Crippen LogP) is 3.38. The Morgan fingerprint density at radius 2 is 2.00 bits per heavy atom. The first kappa shape index (κ1) is 27.8. The van der Waals surface area contributed by atoms with Crippen LogP contribution >= 0.6 is 0 Å². The summed E-state index contributed by atoms with van der Waals surface area (Å²) in [5, 5.41) is 15.8. The van der Waals surface area contributed by atoms with Crippen LogP contribution in [0.15, 0.2) is 30.4 Å². The average molecular weight is 542 g/mol. The number of nitrogens with one attached hydrogen (secondary N) is 1. The molecule has 6 atom stereocenters. The molecule has 3 heterocycles. The number of alkyl carbamates (subject to hydrolysis) is 1. The van der Waals surface area contributed by atoms with E-state index in [1.165, 1.54) is 12.5 Å². The van der Waals surface area contributed by atoms with Crippen LogP contribution in [-0.4, -0.2) is 86.3 Å². The van der Waals surface area contributed by atoms with E-state index >= 15 is 0 Å². The molecule has 3 aliphatic heterocycles. The highest BCUT2D eigenvalue weighted by molar-refractivity contribution is 5.72. The molecule has 0 aromatic heterocycles. The van der Waals surface area contributed by atoms with Gasteiger partial charge in [0.2, 0.25) is 0 Å². The molecule has 0 bridgehead atoms. The van der Waals surface area contributed by atoms with E-state index in [-0.39, 0.29) is 12.6 Å². The Balaban J connectivity index is 1.64. The second-order valence-electron chi connectivity index (χ2n) is 11.6. The van der Waals surface area contributed by atoms with E-state index in [2.05, 4.69) is 47.2 Å². The lowest BCUT2D eigenvalue weighted by Gasteiger charge is -2.64. The number of unbranched alkanes of at least 4 members (excludes halogenated alkanes) is 2. The SMILES string of the molecule is CCCCCOC(=O)NC[C@@]1(O)[C@H](OC(C)=O)C2(CC)C=CCN3CC[C@@]4(c5ccc(OC)cc5N(C)[C@@H]14)[C@@H]32. The Morgan fingerprint density at radius 3 is 2.69 bits per heavy atom. The summed E-state index contributed by atoms with van der Waals surface area (Å²) in [5.41, 5.74) is -0.557. The number of nitrogens with zero attached hydrogens (tertiary/aromatic N) is 2. The van der Waals surface area contributed by atoms with Crippen LogP contribution in [0, 0.1) is 5.41 Å². The van der Waals surface area contributed by atoms with Crippen LogP contribution in [-0.2, 0) is 19.7 Å². The molecule has 2 N–H and O–H groups in total. The summed E-state index contributed by atoms with van der Waals surface area (Å²) in [6.07, 6.45) is 7.15. The number of amides is 1. The number of hydrogen-bond donors (Lipinski definition) is 2. The van der Waals surface area contributed by atoms with Gasteiger partial charge in [0.15, 0.2) is 0 Å². The van der Waals surface area contributed by atoms with Crippen molar-refractivity contribution in [1.82, 2.24) is 10.2 Å². The van der Waals surface area contributed by atoms with Crippen molar-refractivity contribution in [1.29, 1.82) is 0 Å². The van der Waals surface area contributed by atoms with E-state index in [0.717, 1.165) is 50.2 Å². The molecule has 9 heteroatoms. The molecule has 0 radical (unpaired) electrons. The maximum Gasteiger partial charge on any atom is 0.407 e. The summed E-state index contributed by atoms with van der Waals surface area (Å²) >= 11 is 0. The average Bonchev–Trinajstić information content (AvgIpc) is 3.44. The molecule has 1 amide bonds. The minimum Gasteiger partial charge on any atom is -0.497 e. The number of fused-ring (bicyclic) bond motifs is 1. The van der Waals surface area contributed by atoms with Gasteiger partial charge in [0.05, 0.1) is 26.3 Å².